The molecule has 1 fully saturated rings. The quantitative estimate of drug-likeness (QED) is 0.703. The minimum absolute atomic E-state index is 0.0817. The van der Waals surface area contributed by atoms with Crippen molar-refractivity contribution in [2.24, 2.45) is 5.92 Å². The lowest BCUT2D eigenvalue weighted by molar-refractivity contribution is -0.145. The Morgan fingerprint density at radius 3 is 2.79 bits per heavy atom. The predicted octanol–water partition coefficient (Wildman–Crippen LogP) is 0.552. The van der Waals surface area contributed by atoms with Crippen molar-refractivity contribution in [3.63, 3.8) is 0 Å². The molecule has 7 nitrogen and oxygen atoms in total. The van der Waals surface area contributed by atoms with Crippen molar-refractivity contribution in [2.75, 3.05) is 19.8 Å². The molecular formula is C16H19FN2O5. The van der Waals surface area contributed by atoms with Gasteiger partial charge in [0.1, 0.15) is 11.9 Å². The average molecular weight is 338 g/mol. The third kappa shape index (κ3) is 5.02. The van der Waals surface area contributed by atoms with Crippen LogP contribution in [0.5, 0.6) is 0 Å². The summed E-state index contributed by atoms with van der Waals surface area (Å²) in [5.74, 6) is -3.25. The van der Waals surface area contributed by atoms with Crippen LogP contribution in [0.25, 0.3) is 0 Å². The second-order valence-corrected chi connectivity index (χ2v) is 5.55. The fraction of sp³-hybridized carbons (Fsp3) is 0.438. The van der Waals surface area contributed by atoms with E-state index in [9.17, 15) is 23.9 Å². The van der Waals surface area contributed by atoms with Crippen LogP contribution in [0, 0.1) is 11.7 Å². The highest BCUT2D eigenvalue weighted by atomic mass is 19.1. The zero-order chi connectivity index (χ0) is 17.5. The summed E-state index contributed by atoms with van der Waals surface area (Å²) in [6.45, 7) is 0.458. The smallest absolute Gasteiger partial charge is 0.326 e. The maximum Gasteiger partial charge on any atom is 0.326 e. The highest BCUT2D eigenvalue weighted by molar-refractivity contribution is 5.96. The van der Waals surface area contributed by atoms with Crippen LogP contribution in [0.1, 0.15) is 23.2 Å². The maximum atomic E-state index is 13.1. The molecule has 8 heteroatoms. The van der Waals surface area contributed by atoms with Gasteiger partial charge in [0, 0.05) is 18.1 Å². The van der Waals surface area contributed by atoms with E-state index in [2.05, 4.69) is 10.6 Å². The number of nitrogens with one attached hydrogen (secondary N) is 2. The molecule has 24 heavy (non-hydrogen) atoms. The molecular weight excluding hydrogens is 319 g/mol. The lowest BCUT2D eigenvalue weighted by Crippen LogP contribution is -2.51. The molecule has 0 spiro atoms. The van der Waals surface area contributed by atoms with Gasteiger partial charge in [-0.25, -0.2) is 9.18 Å². The van der Waals surface area contributed by atoms with Gasteiger partial charge < -0.3 is 20.5 Å². The van der Waals surface area contributed by atoms with Crippen LogP contribution < -0.4 is 10.6 Å². The van der Waals surface area contributed by atoms with E-state index >= 15 is 0 Å². The summed E-state index contributed by atoms with van der Waals surface area (Å²) in [6.07, 6.45) is 1.38. The van der Waals surface area contributed by atoms with Crippen LogP contribution in [0.3, 0.4) is 0 Å². The molecule has 2 atom stereocenters. The number of carboxylic acid groups (broad SMARTS) is 1. The monoisotopic (exact) mass is 338 g/mol. The Morgan fingerprint density at radius 1 is 1.38 bits per heavy atom. The molecule has 1 aromatic carbocycles. The van der Waals surface area contributed by atoms with Gasteiger partial charge in [-0.3, -0.25) is 9.59 Å². The number of halogens is 1. The largest absolute Gasteiger partial charge is 0.480 e. The molecule has 1 saturated heterocycles. The molecule has 2 rings (SSSR count). The van der Waals surface area contributed by atoms with Crippen LogP contribution in [0.15, 0.2) is 24.3 Å². The Bertz CT molecular complexity index is 616. The minimum Gasteiger partial charge on any atom is -0.480 e. The first kappa shape index (κ1) is 17.9. The Labute approximate surface area is 138 Å². The molecule has 0 aromatic heterocycles. The summed E-state index contributed by atoms with van der Waals surface area (Å²) >= 11 is 0. The second kappa shape index (κ2) is 8.39. The molecule has 0 saturated carbocycles. The number of hydrogen-bond acceptors (Lipinski definition) is 4. The molecule has 1 aliphatic heterocycles. The van der Waals surface area contributed by atoms with Crippen molar-refractivity contribution in [3.05, 3.63) is 35.6 Å². The van der Waals surface area contributed by atoms with Crippen molar-refractivity contribution in [2.45, 2.75) is 18.9 Å². The predicted molar refractivity (Wildman–Crippen MR) is 81.8 cm³/mol. The molecule has 2 amide bonds. The lowest BCUT2D eigenvalue weighted by atomic mass is 9.93. The zero-order valence-corrected chi connectivity index (χ0v) is 13.0. The lowest BCUT2D eigenvalue weighted by Gasteiger charge is -2.28. The number of carbonyl (C=O) groups excluding carboxylic acids is 2. The van der Waals surface area contributed by atoms with E-state index < -0.39 is 36.2 Å². The van der Waals surface area contributed by atoms with Gasteiger partial charge >= 0.3 is 5.97 Å². The summed E-state index contributed by atoms with van der Waals surface area (Å²) < 4.78 is 18.3. The molecule has 1 heterocycles. The van der Waals surface area contributed by atoms with Gasteiger partial charge in [0.25, 0.3) is 5.91 Å². The number of rotatable bonds is 6. The first-order valence-corrected chi connectivity index (χ1v) is 7.61. The van der Waals surface area contributed by atoms with Crippen molar-refractivity contribution in [1.29, 1.82) is 0 Å². The molecule has 0 aliphatic carbocycles. The van der Waals surface area contributed by atoms with Crippen LogP contribution in [-0.2, 0) is 14.3 Å². The number of carbonyl (C=O) groups is 3. The fourth-order valence-corrected chi connectivity index (χ4v) is 2.53. The zero-order valence-electron chi connectivity index (χ0n) is 13.0. The van der Waals surface area contributed by atoms with E-state index in [4.69, 9.17) is 4.74 Å². The average Bonchev–Trinajstić information content (AvgIpc) is 2.58. The first-order valence-electron chi connectivity index (χ1n) is 7.61. The van der Waals surface area contributed by atoms with Crippen molar-refractivity contribution in [3.8, 4) is 0 Å². The van der Waals surface area contributed by atoms with Crippen LogP contribution in [0.2, 0.25) is 0 Å². The number of amides is 2. The molecule has 0 bridgehead atoms. The van der Waals surface area contributed by atoms with Gasteiger partial charge in [-0.15, -0.1) is 0 Å². The summed E-state index contributed by atoms with van der Waals surface area (Å²) in [4.78, 5) is 35.1. The summed E-state index contributed by atoms with van der Waals surface area (Å²) in [5.41, 5.74) is 0.0817. The van der Waals surface area contributed by atoms with Gasteiger partial charge in [-0.2, -0.15) is 0 Å². The summed E-state index contributed by atoms with van der Waals surface area (Å²) in [5, 5.41) is 14.0. The highest BCUT2D eigenvalue weighted by Crippen LogP contribution is 2.17. The van der Waals surface area contributed by atoms with Gasteiger partial charge in [0.15, 0.2) is 0 Å². The van der Waals surface area contributed by atoms with Crippen LogP contribution in [-0.4, -0.2) is 48.7 Å². The summed E-state index contributed by atoms with van der Waals surface area (Å²) in [7, 11) is 0. The number of benzene rings is 1. The third-order valence-corrected chi connectivity index (χ3v) is 3.75. The Morgan fingerprint density at radius 2 is 2.17 bits per heavy atom. The van der Waals surface area contributed by atoms with Crippen molar-refractivity contribution < 1.29 is 28.6 Å². The molecule has 1 aromatic rings. The Balaban J connectivity index is 1.86. The van der Waals surface area contributed by atoms with Crippen molar-refractivity contribution >= 4 is 17.8 Å². The van der Waals surface area contributed by atoms with E-state index in [0.29, 0.717) is 13.0 Å². The molecule has 3 N–H and O–H groups in total. The fourth-order valence-electron chi connectivity index (χ4n) is 2.53. The first-order chi connectivity index (χ1) is 11.5. The van der Waals surface area contributed by atoms with E-state index in [1.807, 2.05) is 0 Å². The maximum absolute atomic E-state index is 13.1. The number of hydrogen-bond donors (Lipinski definition) is 3. The SMILES string of the molecule is O=C(CNC(=O)c1cccc(F)c1)NC(C(=O)O)C1CCCOC1. The van der Waals surface area contributed by atoms with Gasteiger partial charge in [0.2, 0.25) is 5.91 Å². The summed E-state index contributed by atoms with van der Waals surface area (Å²) in [6, 6.07) is 3.98. The second-order valence-electron chi connectivity index (χ2n) is 5.55. The minimum atomic E-state index is -1.14. The van der Waals surface area contributed by atoms with E-state index in [1.54, 1.807) is 0 Å². The Kier molecular flexibility index (Phi) is 6.25. The van der Waals surface area contributed by atoms with E-state index in [0.717, 1.165) is 12.5 Å². The van der Waals surface area contributed by atoms with Crippen LogP contribution >= 0.6 is 0 Å². The standard InChI is InChI=1S/C16H19FN2O5/c17-12-5-1-3-10(7-12)15(21)18-8-13(20)19-14(16(22)23)11-4-2-6-24-9-11/h1,3,5,7,11,14H,2,4,6,8-9H2,(H,18,21)(H,19,20)(H,22,23). The number of carboxylic acids is 1. The molecule has 130 valence electrons. The van der Waals surface area contributed by atoms with Gasteiger partial charge in [-0.05, 0) is 31.0 Å². The van der Waals surface area contributed by atoms with Gasteiger partial charge in [0.05, 0.1) is 13.2 Å². The van der Waals surface area contributed by atoms with E-state index in [-0.39, 0.29) is 18.1 Å². The normalized spacial score (nSPS) is 18.5. The molecule has 1 aliphatic rings. The Hall–Kier alpha value is -2.48. The number of ether oxygens (including phenoxy) is 1. The number of aliphatic carboxylic acids is 1. The molecule has 2 unspecified atom stereocenters. The molecule has 0 radical (unpaired) electrons. The topological polar surface area (TPSA) is 105 Å². The van der Waals surface area contributed by atoms with Gasteiger partial charge in [-0.1, -0.05) is 6.07 Å². The third-order valence-electron chi connectivity index (χ3n) is 3.75. The van der Waals surface area contributed by atoms with Crippen LogP contribution in [0.4, 0.5) is 4.39 Å². The highest BCUT2D eigenvalue weighted by Gasteiger charge is 2.31. The van der Waals surface area contributed by atoms with Crippen molar-refractivity contribution in [1.82, 2.24) is 10.6 Å². The van der Waals surface area contributed by atoms with E-state index in [1.165, 1.54) is 18.2 Å².